The Labute approximate surface area is 77.9 Å². The van der Waals surface area contributed by atoms with Crippen LogP contribution in [0.1, 0.15) is 39.0 Å². The quantitative estimate of drug-likeness (QED) is 0.489. The van der Waals surface area contributed by atoms with E-state index < -0.39 is 0 Å². The average Bonchev–Trinajstić information content (AvgIpc) is 2.28. The summed E-state index contributed by atoms with van der Waals surface area (Å²) in [6.07, 6.45) is 11.3. The number of halogens is 1. The van der Waals surface area contributed by atoms with E-state index in [1.165, 1.54) is 25.7 Å². The maximum Gasteiger partial charge on any atom is 0.0151 e. The van der Waals surface area contributed by atoms with Crippen LogP contribution in [0.2, 0.25) is 0 Å². The average molecular weight is 215 g/mol. The van der Waals surface area contributed by atoms with Crippen LogP contribution in [-0.2, 0) is 0 Å². The summed E-state index contributed by atoms with van der Waals surface area (Å²) in [4.78, 5) is 0.741. The van der Waals surface area contributed by atoms with Gasteiger partial charge in [0.15, 0.2) is 0 Å². The lowest BCUT2D eigenvalue weighted by molar-refractivity contribution is 0.314. The molecule has 62 valence electrons. The molecular formula is C10H15Br. The molecule has 11 heavy (non-hydrogen) atoms. The van der Waals surface area contributed by atoms with Crippen molar-refractivity contribution in [2.24, 2.45) is 5.41 Å². The molecule has 1 aliphatic rings. The number of hydrogen-bond acceptors (Lipinski definition) is 0. The van der Waals surface area contributed by atoms with Crippen LogP contribution < -0.4 is 0 Å². The summed E-state index contributed by atoms with van der Waals surface area (Å²) in [5, 5.41) is 0. The predicted octanol–water partition coefficient (Wildman–Crippen LogP) is 3.35. The molecule has 1 fully saturated rings. The largest absolute Gasteiger partial charge is 0.120 e. The highest BCUT2D eigenvalue weighted by Gasteiger charge is 2.32. The molecule has 2 unspecified atom stereocenters. The van der Waals surface area contributed by atoms with Gasteiger partial charge >= 0.3 is 0 Å². The number of rotatable bonds is 2. The first kappa shape index (κ1) is 9.13. The molecule has 0 aromatic rings. The molecule has 0 N–H and O–H groups in total. The van der Waals surface area contributed by atoms with Gasteiger partial charge in [-0.25, -0.2) is 0 Å². The minimum Gasteiger partial charge on any atom is -0.120 e. The third kappa shape index (κ3) is 2.52. The van der Waals surface area contributed by atoms with Gasteiger partial charge < -0.3 is 0 Å². The highest BCUT2D eigenvalue weighted by molar-refractivity contribution is 9.09. The van der Waals surface area contributed by atoms with Gasteiger partial charge in [-0.2, -0.15) is 0 Å². The summed E-state index contributed by atoms with van der Waals surface area (Å²) in [6.45, 7) is 2.35. The lowest BCUT2D eigenvalue weighted by Gasteiger charge is -2.21. The smallest absolute Gasteiger partial charge is 0.0151 e. The second kappa shape index (κ2) is 3.63. The van der Waals surface area contributed by atoms with Crippen molar-refractivity contribution in [2.75, 3.05) is 0 Å². The molecule has 0 saturated heterocycles. The molecule has 1 heteroatoms. The van der Waals surface area contributed by atoms with Crippen LogP contribution in [0.15, 0.2) is 0 Å². The molecule has 0 bridgehead atoms. The molecule has 0 radical (unpaired) electrons. The van der Waals surface area contributed by atoms with E-state index in [1.807, 2.05) is 0 Å². The van der Waals surface area contributed by atoms with Gasteiger partial charge in [-0.1, -0.05) is 22.9 Å². The molecule has 2 atom stereocenters. The molecule has 0 aliphatic heterocycles. The van der Waals surface area contributed by atoms with E-state index in [1.54, 1.807) is 0 Å². The van der Waals surface area contributed by atoms with Crippen molar-refractivity contribution in [3.8, 4) is 12.3 Å². The van der Waals surface area contributed by atoms with Crippen molar-refractivity contribution in [1.29, 1.82) is 0 Å². The molecule has 1 aliphatic carbocycles. The molecule has 0 nitrogen and oxygen atoms in total. The Bertz CT molecular complexity index is 168. The Morgan fingerprint density at radius 3 is 2.91 bits per heavy atom. The Hall–Kier alpha value is 0.0400. The van der Waals surface area contributed by atoms with Crippen LogP contribution in [0, 0.1) is 17.8 Å². The van der Waals surface area contributed by atoms with Crippen LogP contribution in [0.4, 0.5) is 0 Å². The van der Waals surface area contributed by atoms with E-state index in [9.17, 15) is 0 Å². The molecule has 0 aromatic heterocycles. The molecule has 0 spiro atoms. The molecule has 1 saturated carbocycles. The van der Waals surface area contributed by atoms with Crippen molar-refractivity contribution in [3.05, 3.63) is 0 Å². The zero-order chi connectivity index (χ0) is 8.32. The zero-order valence-corrected chi connectivity index (χ0v) is 8.65. The third-order valence-corrected chi connectivity index (χ3v) is 3.43. The maximum atomic E-state index is 5.24. The Morgan fingerprint density at radius 1 is 1.73 bits per heavy atom. The normalized spacial score (nSPS) is 37.0. The van der Waals surface area contributed by atoms with E-state index >= 15 is 0 Å². The topological polar surface area (TPSA) is 0 Å². The van der Waals surface area contributed by atoms with Gasteiger partial charge in [0.1, 0.15) is 0 Å². The lowest BCUT2D eigenvalue weighted by Crippen LogP contribution is -2.11. The minimum absolute atomic E-state index is 0.528. The minimum atomic E-state index is 0.528. The maximum absolute atomic E-state index is 5.24. The predicted molar refractivity (Wildman–Crippen MR) is 52.7 cm³/mol. The fourth-order valence-electron chi connectivity index (χ4n) is 1.84. The van der Waals surface area contributed by atoms with Gasteiger partial charge in [0, 0.05) is 11.2 Å². The Balaban J connectivity index is 2.37. The number of hydrogen-bond donors (Lipinski definition) is 0. The highest BCUT2D eigenvalue weighted by atomic mass is 79.9. The number of alkyl halides is 1. The second-order valence-corrected chi connectivity index (χ2v) is 5.15. The van der Waals surface area contributed by atoms with Crippen molar-refractivity contribution >= 4 is 15.9 Å². The second-order valence-electron chi connectivity index (χ2n) is 3.85. The summed E-state index contributed by atoms with van der Waals surface area (Å²) in [6, 6.07) is 0. The van der Waals surface area contributed by atoms with Crippen LogP contribution in [0.5, 0.6) is 0 Å². The summed E-state index contributed by atoms with van der Waals surface area (Å²) >= 11 is 3.65. The molecule has 0 aromatic carbocycles. The third-order valence-electron chi connectivity index (χ3n) is 2.65. The van der Waals surface area contributed by atoms with Crippen molar-refractivity contribution in [2.45, 2.75) is 43.9 Å². The zero-order valence-electron chi connectivity index (χ0n) is 7.07. The molecule has 0 amide bonds. The van der Waals surface area contributed by atoms with E-state index in [-0.39, 0.29) is 0 Å². The van der Waals surface area contributed by atoms with Crippen LogP contribution in [-0.4, -0.2) is 4.83 Å². The highest BCUT2D eigenvalue weighted by Crippen LogP contribution is 2.44. The van der Waals surface area contributed by atoms with Crippen molar-refractivity contribution in [3.63, 3.8) is 0 Å². The Kier molecular flexibility index (Phi) is 3.01. The lowest BCUT2D eigenvalue weighted by atomic mass is 9.84. The van der Waals surface area contributed by atoms with Crippen LogP contribution in [0.25, 0.3) is 0 Å². The first-order chi connectivity index (χ1) is 5.16. The SMILES string of the molecule is C#CCCC1(C)CCC(Br)C1. The van der Waals surface area contributed by atoms with Gasteiger partial charge in [0.25, 0.3) is 0 Å². The number of terminal acetylenes is 1. The van der Waals surface area contributed by atoms with E-state index in [4.69, 9.17) is 6.42 Å². The molecule has 1 rings (SSSR count). The monoisotopic (exact) mass is 214 g/mol. The van der Waals surface area contributed by atoms with Gasteiger partial charge in [-0.15, -0.1) is 12.3 Å². The van der Waals surface area contributed by atoms with Crippen LogP contribution >= 0.6 is 15.9 Å². The van der Waals surface area contributed by atoms with Crippen molar-refractivity contribution in [1.82, 2.24) is 0 Å². The standard InChI is InChI=1S/C10H15Br/c1-3-4-6-10(2)7-5-9(11)8-10/h1,9H,4-8H2,2H3. The summed E-state index contributed by atoms with van der Waals surface area (Å²) in [5.41, 5.74) is 0.528. The summed E-state index contributed by atoms with van der Waals surface area (Å²) in [5.74, 6) is 2.72. The van der Waals surface area contributed by atoms with Crippen LogP contribution in [0.3, 0.4) is 0 Å². The van der Waals surface area contributed by atoms with Gasteiger partial charge in [-0.05, 0) is 31.1 Å². The van der Waals surface area contributed by atoms with Gasteiger partial charge in [0.05, 0.1) is 0 Å². The van der Waals surface area contributed by atoms with Gasteiger partial charge in [0.2, 0.25) is 0 Å². The first-order valence-electron chi connectivity index (χ1n) is 4.24. The van der Waals surface area contributed by atoms with Gasteiger partial charge in [-0.3, -0.25) is 0 Å². The summed E-state index contributed by atoms with van der Waals surface area (Å²) in [7, 11) is 0. The fourth-order valence-corrected chi connectivity index (χ4v) is 2.86. The van der Waals surface area contributed by atoms with E-state index in [2.05, 4.69) is 28.8 Å². The summed E-state index contributed by atoms with van der Waals surface area (Å²) < 4.78 is 0. The first-order valence-corrected chi connectivity index (χ1v) is 5.15. The molecule has 0 heterocycles. The fraction of sp³-hybridized carbons (Fsp3) is 0.800. The van der Waals surface area contributed by atoms with E-state index in [0.717, 1.165) is 11.2 Å². The van der Waals surface area contributed by atoms with Crippen molar-refractivity contribution < 1.29 is 0 Å². The Morgan fingerprint density at radius 2 is 2.45 bits per heavy atom. The molecular weight excluding hydrogens is 200 g/mol. The van der Waals surface area contributed by atoms with E-state index in [0.29, 0.717) is 5.41 Å².